The first-order valence-corrected chi connectivity index (χ1v) is 8.28. The molecule has 2 rings (SSSR count). The molecular weight excluding hydrogens is 326 g/mol. The summed E-state index contributed by atoms with van der Waals surface area (Å²) in [6, 6.07) is 11.6. The Balaban J connectivity index is 2.00. The Kier molecular flexibility index (Phi) is 5.93. The molecule has 122 valence electrons. The molecule has 7 heteroatoms. The molecule has 1 atom stereocenters. The molecule has 0 saturated heterocycles. The van der Waals surface area contributed by atoms with Gasteiger partial charge in [0.2, 0.25) is 0 Å². The Morgan fingerprint density at radius 2 is 2.00 bits per heavy atom. The molecule has 1 heterocycles. The maximum Gasteiger partial charge on any atom is 0.341 e. The van der Waals surface area contributed by atoms with Gasteiger partial charge in [0, 0.05) is 11.9 Å². The third-order valence-corrected chi connectivity index (χ3v) is 3.83. The standard InChI is InChI=1S/C17H15N3O3S/c1-11(15(21)20-13-7-5-12(10-18)6-8-13)23-17(22)14-4-3-9-19-16(14)24-2/h3-9,11H,1-2H3,(H,20,21)/t11-/m0/s1. The second-order valence-electron chi connectivity index (χ2n) is 4.79. The van der Waals surface area contributed by atoms with Crippen LogP contribution in [-0.4, -0.2) is 29.2 Å². The summed E-state index contributed by atoms with van der Waals surface area (Å²) in [6.07, 6.45) is 2.42. The van der Waals surface area contributed by atoms with Gasteiger partial charge in [-0.2, -0.15) is 5.26 Å². The number of nitrogens with zero attached hydrogens (tertiary/aromatic N) is 2. The minimum absolute atomic E-state index is 0.322. The van der Waals surface area contributed by atoms with Crippen molar-refractivity contribution in [2.24, 2.45) is 0 Å². The molecule has 1 amide bonds. The first kappa shape index (κ1) is 17.5. The van der Waals surface area contributed by atoms with Crippen LogP contribution in [0.5, 0.6) is 0 Å². The van der Waals surface area contributed by atoms with Crippen molar-refractivity contribution in [2.45, 2.75) is 18.1 Å². The van der Waals surface area contributed by atoms with E-state index >= 15 is 0 Å². The van der Waals surface area contributed by atoms with Gasteiger partial charge in [-0.05, 0) is 49.6 Å². The number of ether oxygens (including phenoxy) is 1. The molecule has 1 N–H and O–H groups in total. The zero-order chi connectivity index (χ0) is 17.5. The third kappa shape index (κ3) is 4.33. The van der Waals surface area contributed by atoms with E-state index in [-0.39, 0.29) is 0 Å². The topological polar surface area (TPSA) is 92.1 Å². The van der Waals surface area contributed by atoms with Gasteiger partial charge in [0.15, 0.2) is 6.10 Å². The van der Waals surface area contributed by atoms with Crippen molar-refractivity contribution < 1.29 is 14.3 Å². The second kappa shape index (κ2) is 8.13. The Morgan fingerprint density at radius 3 is 2.62 bits per heavy atom. The molecule has 6 nitrogen and oxygen atoms in total. The fourth-order valence-corrected chi connectivity index (χ4v) is 2.40. The Labute approximate surface area is 143 Å². The number of rotatable bonds is 5. The minimum atomic E-state index is -0.969. The summed E-state index contributed by atoms with van der Waals surface area (Å²) < 4.78 is 5.20. The fraction of sp³-hybridized carbons (Fsp3) is 0.176. The van der Waals surface area contributed by atoms with E-state index in [4.69, 9.17) is 10.00 Å². The predicted octanol–water partition coefficient (Wildman–Crippen LogP) is 2.86. The van der Waals surface area contributed by atoms with Gasteiger partial charge in [0.05, 0.1) is 17.2 Å². The number of nitrogens with one attached hydrogen (secondary N) is 1. The van der Waals surface area contributed by atoms with Crippen LogP contribution in [0.1, 0.15) is 22.8 Å². The van der Waals surface area contributed by atoms with E-state index in [2.05, 4.69) is 10.3 Å². The third-order valence-electron chi connectivity index (χ3n) is 3.12. The van der Waals surface area contributed by atoms with Gasteiger partial charge in [-0.15, -0.1) is 11.8 Å². The summed E-state index contributed by atoms with van der Waals surface area (Å²) in [4.78, 5) is 28.4. The van der Waals surface area contributed by atoms with Crippen LogP contribution in [0.3, 0.4) is 0 Å². The summed E-state index contributed by atoms with van der Waals surface area (Å²) in [7, 11) is 0. The van der Waals surface area contributed by atoms with E-state index in [1.807, 2.05) is 6.07 Å². The van der Waals surface area contributed by atoms with Gasteiger partial charge >= 0.3 is 5.97 Å². The first-order chi connectivity index (χ1) is 11.5. The van der Waals surface area contributed by atoms with Crippen LogP contribution >= 0.6 is 11.8 Å². The quantitative estimate of drug-likeness (QED) is 0.664. The SMILES string of the molecule is CSc1ncccc1C(=O)O[C@@H](C)C(=O)Nc1ccc(C#N)cc1. The molecule has 0 aliphatic rings. The average Bonchev–Trinajstić information content (AvgIpc) is 2.62. The molecule has 0 saturated carbocycles. The number of carbonyl (C=O) groups excluding carboxylic acids is 2. The molecule has 0 radical (unpaired) electrons. The number of carbonyl (C=O) groups is 2. The van der Waals surface area contributed by atoms with Crippen molar-refractivity contribution in [3.63, 3.8) is 0 Å². The number of pyridine rings is 1. The van der Waals surface area contributed by atoms with Crippen LogP contribution in [0.25, 0.3) is 0 Å². The maximum atomic E-state index is 12.2. The lowest BCUT2D eigenvalue weighted by molar-refractivity contribution is -0.123. The highest BCUT2D eigenvalue weighted by molar-refractivity contribution is 7.98. The van der Waals surface area contributed by atoms with Crippen molar-refractivity contribution in [1.29, 1.82) is 5.26 Å². The molecular formula is C17H15N3O3S. The number of esters is 1. The van der Waals surface area contributed by atoms with Crippen LogP contribution in [-0.2, 0) is 9.53 Å². The number of anilines is 1. The molecule has 0 aliphatic carbocycles. The summed E-state index contributed by atoms with van der Waals surface area (Å²) in [5, 5.41) is 11.9. The lowest BCUT2D eigenvalue weighted by atomic mass is 10.2. The van der Waals surface area contributed by atoms with Crippen LogP contribution < -0.4 is 5.32 Å². The number of hydrogen-bond donors (Lipinski definition) is 1. The molecule has 0 unspecified atom stereocenters. The zero-order valence-electron chi connectivity index (χ0n) is 13.1. The van der Waals surface area contributed by atoms with Crippen molar-refractivity contribution >= 4 is 29.3 Å². The maximum absolute atomic E-state index is 12.2. The average molecular weight is 341 g/mol. The second-order valence-corrected chi connectivity index (χ2v) is 5.58. The summed E-state index contributed by atoms with van der Waals surface area (Å²) in [5.41, 5.74) is 1.34. The lowest BCUT2D eigenvalue weighted by Crippen LogP contribution is -2.30. The minimum Gasteiger partial charge on any atom is -0.449 e. The van der Waals surface area contributed by atoms with Crippen LogP contribution in [0.15, 0.2) is 47.6 Å². The fourth-order valence-electron chi connectivity index (χ4n) is 1.86. The van der Waals surface area contributed by atoms with Crippen molar-refractivity contribution in [1.82, 2.24) is 4.98 Å². The van der Waals surface area contributed by atoms with Gasteiger partial charge in [0.1, 0.15) is 5.03 Å². The van der Waals surface area contributed by atoms with E-state index in [0.717, 1.165) is 0 Å². The molecule has 24 heavy (non-hydrogen) atoms. The number of aromatic nitrogens is 1. The van der Waals surface area contributed by atoms with Gasteiger partial charge in [-0.25, -0.2) is 9.78 Å². The normalized spacial score (nSPS) is 11.2. The molecule has 0 aliphatic heterocycles. The number of thioether (sulfide) groups is 1. The number of benzene rings is 1. The number of amides is 1. The number of hydrogen-bond acceptors (Lipinski definition) is 6. The largest absolute Gasteiger partial charge is 0.449 e. The summed E-state index contributed by atoms with van der Waals surface area (Å²) in [6.45, 7) is 1.49. The molecule has 0 fully saturated rings. The molecule has 1 aromatic heterocycles. The van der Waals surface area contributed by atoms with Crippen LogP contribution in [0, 0.1) is 11.3 Å². The van der Waals surface area contributed by atoms with E-state index in [9.17, 15) is 9.59 Å². The Bertz CT molecular complexity index is 784. The monoisotopic (exact) mass is 341 g/mol. The lowest BCUT2D eigenvalue weighted by Gasteiger charge is -2.14. The molecule has 0 bridgehead atoms. The van der Waals surface area contributed by atoms with E-state index < -0.39 is 18.0 Å². The highest BCUT2D eigenvalue weighted by Crippen LogP contribution is 2.18. The Hall–Kier alpha value is -2.85. The van der Waals surface area contributed by atoms with Gasteiger partial charge in [-0.1, -0.05) is 0 Å². The first-order valence-electron chi connectivity index (χ1n) is 7.06. The number of nitriles is 1. The summed E-state index contributed by atoms with van der Waals surface area (Å²) >= 11 is 1.33. The van der Waals surface area contributed by atoms with Crippen molar-refractivity contribution in [3.8, 4) is 6.07 Å². The van der Waals surface area contributed by atoms with Gasteiger partial charge in [-0.3, -0.25) is 4.79 Å². The Morgan fingerprint density at radius 1 is 1.29 bits per heavy atom. The van der Waals surface area contributed by atoms with Crippen LogP contribution in [0.4, 0.5) is 5.69 Å². The van der Waals surface area contributed by atoms with Gasteiger partial charge < -0.3 is 10.1 Å². The van der Waals surface area contributed by atoms with E-state index in [1.54, 1.807) is 48.9 Å². The molecule has 0 spiro atoms. The highest BCUT2D eigenvalue weighted by Gasteiger charge is 2.21. The van der Waals surface area contributed by atoms with Crippen molar-refractivity contribution in [3.05, 3.63) is 53.7 Å². The van der Waals surface area contributed by atoms with E-state index in [0.29, 0.717) is 21.8 Å². The zero-order valence-corrected chi connectivity index (χ0v) is 14.0. The molecule has 2 aromatic rings. The highest BCUT2D eigenvalue weighted by atomic mass is 32.2. The molecule has 1 aromatic carbocycles. The smallest absolute Gasteiger partial charge is 0.341 e. The summed E-state index contributed by atoms with van der Waals surface area (Å²) in [5.74, 6) is -1.06. The van der Waals surface area contributed by atoms with E-state index in [1.165, 1.54) is 18.7 Å². The van der Waals surface area contributed by atoms with Crippen molar-refractivity contribution in [2.75, 3.05) is 11.6 Å². The van der Waals surface area contributed by atoms with Gasteiger partial charge in [0.25, 0.3) is 5.91 Å². The predicted molar refractivity (Wildman–Crippen MR) is 90.7 cm³/mol. The van der Waals surface area contributed by atoms with Crippen LogP contribution in [0.2, 0.25) is 0 Å².